The Morgan fingerprint density at radius 3 is 2.46 bits per heavy atom. The first-order chi connectivity index (χ1) is 6.41. The van der Waals surface area contributed by atoms with Gasteiger partial charge in [-0.25, -0.2) is 0 Å². The van der Waals surface area contributed by atoms with E-state index in [1.165, 1.54) is 0 Å². The highest BCUT2D eigenvalue weighted by molar-refractivity contribution is 7.99. The van der Waals surface area contributed by atoms with E-state index in [1.54, 1.807) is 14.2 Å². The SMILES string of the molecule is COCCCNCCSCCOC. The molecule has 1 N–H and O–H groups in total. The van der Waals surface area contributed by atoms with E-state index in [1.807, 2.05) is 11.8 Å². The first-order valence-electron chi connectivity index (χ1n) is 4.68. The first kappa shape index (κ1) is 13.2. The van der Waals surface area contributed by atoms with Gasteiger partial charge in [-0.1, -0.05) is 0 Å². The second-order valence-corrected chi connectivity index (χ2v) is 3.93. The minimum atomic E-state index is 0.851. The molecule has 0 aliphatic rings. The fourth-order valence-corrected chi connectivity index (χ4v) is 1.63. The van der Waals surface area contributed by atoms with Gasteiger partial charge in [0.2, 0.25) is 0 Å². The standard InChI is InChI=1S/C9H21NO2S/c1-11-6-3-4-10-5-8-13-9-7-12-2/h10H,3-9H2,1-2H3. The molecule has 0 fully saturated rings. The van der Waals surface area contributed by atoms with E-state index >= 15 is 0 Å². The lowest BCUT2D eigenvalue weighted by atomic mass is 10.4. The van der Waals surface area contributed by atoms with Gasteiger partial charge >= 0.3 is 0 Å². The smallest absolute Gasteiger partial charge is 0.0552 e. The maximum Gasteiger partial charge on any atom is 0.0552 e. The molecular weight excluding hydrogens is 186 g/mol. The maximum absolute atomic E-state index is 4.94. The van der Waals surface area contributed by atoms with Crippen LogP contribution in [0.15, 0.2) is 0 Å². The van der Waals surface area contributed by atoms with Crippen LogP contribution < -0.4 is 5.32 Å². The van der Waals surface area contributed by atoms with Gasteiger partial charge in [0.25, 0.3) is 0 Å². The predicted octanol–water partition coefficient (Wildman–Crippen LogP) is 0.992. The fourth-order valence-electron chi connectivity index (χ4n) is 0.855. The quantitative estimate of drug-likeness (QED) is 0.541. The number of nitrogens with one attached hydrogen (secondary N) is 1. The Labute approximate surface area is 85.6 Å². The van der Waals surface area contributed by atoms with Crippen molar-refractivity contribution in [3.05, 3.63) is 0 Å². The molecule has 0 aliphatic carbocycles. The number of hydrogen-bond donors (Lipinski definition) is 1. The molecule has 13 heavy (non-hydrogen) atoms. The van der Waals surface area contributed by atoms with Crippen LogP contribution in [0.2, 0.25) is 0 Å². The second kappa shape index (κ2) is 12.2. The zero-order chi connectivity index (χ0) is 9.78. The average Bonchev–Trinajstić information content (AvgIpc) is 2.16. The number of rotatable bonds is 10. The Bertz CT molecular complexity index is 83.7. The molecule has 0 atom stereocenters. The monoisotopic (exact) mass is 207 g/mol. The largest absolute Gasteiger partial charge is 0.385 e. The lowest BCUT2D eigenvalue weighted by Gasteiger charge is -2.03. The summed E-state index contributed by atoms with van der Waals surface area (Å²) in [6.07, 6.45) is 1.10. The number of ether oxygens (including phenoxy) is 2. The van der Waals surface area contributed by atoms with Crippen molar-refractivity contribution < 1.29 is 9.47 Å². The van der Waals surface area contributed by atoms with Gasteiger partial charge in [-0.3, -0.25) is 0 Å². The van der Waals surface area contributed by atoms with Gasteiger partial charge in [0, 0.05) is 38.9 Å². The van der Waals surface area contributed by atoms with E-state index in [2.05, 4.69) is 5.32 Å². The second-order valence-electron chi connectivity index (χ2n) is 2.70. The van der Waals surface area contributed by atoms with Gasteiger partial charge in [-0.05, 0) is 13.0 Å². The summed E-state index contributed by atoms with van der Waals surface area (Å²) >= 11 is 1.92. The van der Waals surface area contributed by atoms with Crippen LogP contribution in [0.25, 0.3) is 0 Å². The molecule has 0 rings (SSSR count). The molecule has 0 aromatic rings. The zero-order valence-corrected chi connectivity index (χ0v) is 9.49. The van der Waals surface area contributed by atoms with Gasteiger partial charge in [-0.2, -0.15) is 11.8 Å². The molecule has 3 nitrogen and oxygen atoms in total. The molecule has 0 radical (unpaired) electrons. The summed E-state index contributed by atoms with van der Waals surface area (Å²) in [6.45, 7) is 3.84. The lowest BCUT2D eigenvalue weighted by Crippen LogP contribution is -2.19. The molecule has 0 heterocycles. The molecule has 0 saturated heterocycles. The molecule has 0 spiro atoms. The van der Waals surface area contributed by atoms with E-state index in [0.717, 1.165) is 44.2 Å². The minimum absolute atomic E-state index is 0.851. The molecule has 0 saturated carbocycles. The molecule has 0 aromatic heterocycles. The van der Waals surface area contributed by atoms with Crippen LogP contribution in [0, 0.1) is 0 Å². The van der Waals surface area contributed by atoms with Crippen molar-refractivity contribution in [3.63, 3.8) is 0 Å². The summed E-state index contributed by atoms with van der Waals surface area (Å²) in [5.74, 6) is 2.26. The maximum atomic E-state index is 4.94. The Morgan fingerprint density at radius 2 is 1.77 bits per heavy atom. The fraction of sp³-hybridized carbons (Fsp3) is 1.00. The third-order valence-corrected chi connectivity index (χ3v) is 2.51. The summed E-state index contributed by atoms with van der Waals surface area (Å²) in [7, 11) is 3.48. The van der Waals surface area contributed by atoms with Crippen molar-refractivity contribution in [2.75, 3.05) is 52.0 Å². The summed E-state index contributed by atoms with van der Waals surface area (Å²) in [5, 5.41) is 3.36. The van der Waals surface area contributed by atoms with Gasteiger partial charge in [0.1, 0.15) is 0 Å². The van der Waals surface area contributed by atoms with E-state index in [9.17, 15) is 0 Å². The van der Waals surface area contributed by atoms with Crippen LogP contribution in [-0.4, -0.2) is 52.0 Å². The van der Waals surface area contributed by atoms with Crippen molar-refractivity contribution in [1.82, 2.24) is 5.32 Å². The molecule has 80 valence electrons. The highest BCUT2D eigenvalue weighted by Crippen LogP contribution is 1.96. The Kier molecular flexibility index (Phi) is 12.4. The van der Waals surface area contributed by atoms with Crippen LogP contribution in [0.4, 0.5) is 0 Å². The summed E-state index contributed by atoms with van der Waals surface area (Å²) in [4.78, 5) is 0. The molecular formula is C9H21NO2S. The van der Waals surface area contributed by atoms with Crippen LogP contribution in [0.1, 0.15) is 6.42 Å². The van der Waals surface area contributed by atoms with Crippen LogP contribution >= 0.6 is 11.8 Å². The van der Waals surface area contributed by atoms with E-state index in [0.29, 0.717) is 0 Å². The van der Waals surface area contributed by atoms with Crippen LogP contribution in [-0.2, 0) is 9.47 Å². The third-order valence-electron chi connectivity index (χ3n) is 1.56. The topological polar surface area (TPSA) is 30.5 Å². The average molecular weight is 207 g/mol. The van der Waals surface area contributed by atoms with Gasteiger partial charge < -0.3 is 14.8 Å². The Balaban J connectivity index is 2.76. The highest BCUT2D eigenvalue weighted by atomic mass is 32.2. The van der Waals surface area contributed by atoms with E-state index < -0.39 is 0 Å². The van der Waals surface area contributed by atoms with Crippen LogP contribution in [0.3, 0.4) is 0 Å². The van der Waals surface area contributed by atoms with Crippen LogP contribution in [0.5, 0.6) is 0 Å². The molecule has 0 amide bonds. The van der Waals surface area contributed by atoms with E-state index in [4.69, 9.17) is 9.47 Å². The predicted molar refractivity (Wildman–Crippen MR) is 58.6 cm³/mol. The van der Waals surface area contributed by atoms with Crippen molar-refractivity contribution in [2.45, 2.75) is 6.42 Å². The Hall–Kier alpha value is 0.230. The zero-order valence-electron chi connectivity index (χ0n) is 8.67. The summed E-state index contributed by atoms with van der Waals surface area (Å²) in [6, 6.07) is 0. The third kappa shape index (κ3) is 12.2. The number of thioether (sulfide) groups is 1. The summed E-state index contributed by atoms with van der Waals surface area (Å²) in [5.41, 5.74) is 0. The Morgan fingerprint density at radius 1 is 1.00 bits per heavy atom. The van der Waals surface area contributed by atoms with Crippen molar-refractivity contribution >= 4 is 11.8 Å². The van der Waals surface area contributed by atoms with Crippen molar-refractivity contribution in [3.8, 4) is 0 Å². The first-order valence-corrected chi connectivity index (χ1v) is 5.83. The van der Waals surface area contributed by atoms with Gasteiger partial charge in [-0.15, -0.1) is 0 Å². The molecule has 0 bridgehead atoms. The normalized spacial score (nSPS) is 10.6. The van der Waals surface area contributed by atoms with E-state index in [-0.39, 0.29) is 0 Å². The summed E-state index contributed by atoms with van der Waals surface area (Å²) < 4.78 is 9.88. The number of methoxy groups -OCH3 is 2. The van der Waals surface area contributed by atoms with Crippen molar-refractivity contribution in [1.29, 1.82) is 0 Å². The molecule has 0 aliphatic heterocycles. The molecule has 0 unspecified atom stereocenters. The van der Waals surface area contributed by atoms with Gasteiger partial charge in [0.05, 0.1) is 6.61 Å². The minimum Gasteiger partial charge on any atom is -0.385 e. The molecule has 4 heteroatoms. The molecule has 0 aromatic carbocycles. The van der Waals surface area contributed by atoms with Gasteiger partial charge in [0.15, 0.2) is 0 Å². The van der Waals surface area contributed by atoms with Crippen molar-refractivity contribution in [2.24, 2.45) is 0 Å². The lowest BCUT2D eigenvalue weighted by molar-refractivity contribution is 0.194. The highest BCUT2D eigenvalue weighted by Gasteiger charge is 1.89. The number of hydrogen-bond acceptors (Lipinski definition) is 4.